The predicted octanol–water partition coefficient (Wildman–Crippen LogP) is 3.15. The van der Waals surface area contributed by atoms with Crippen LogP contribution in [0.15, 0.2) is 18.2 Å². The van der Waals surface area contributed by atoms with E-state index in [9.17, 15) is 10.1 Å². The second kappa shape index (κ2) is 6.73. The fraction of sp³-hybridized carbons (Fsp3) is 0.538. The van der Waals surface area contributed by atoms with E-state index in [0.717, 1.165) is 19.5 Å². The third-order valence-corrected chi connectivity index (χ3v) is 3.56. The molecule has 0 spiro atoms. The number of hydrogen-bond acceptors (Lipinski definition) is 4. The molecule has 0 unspecified atom stereocenters. The van der Waals surface area contributed by atoms with Gasteiger partial charge in [-0.05, 0) is 51.0 Å². The van der Waals surface area contributed by atoms with Crippen LogP contribution in [0, 0.1) is 10.1 Å². The average Bonchev–Trinajstić information content (AvgIpc) is 2.89. The van der Waals surface area contributed by atoms with Crippen LogP contribution in [0.4, 0.5) is 11.4 Å². The molecule has 104 valence electrons. The molecule has 0 atom stereocenters. The highest BCUT2D eigenvalue weighted by atomic mass is 35.5. The number of nitrogens with one attached hydrogen (secondary N) is 1. The summed E-state index contributed by atoms with van der Waals surface area (Å²) in [5.74, 6) is 0. The number of benzene rings is 1. The van der Waals surface area contributed by atoms with Crippen molar-refractivity contribution in [2.45, 2.75) is 19.3 Å². The van der Waals surface area contributed by atoms with Crippen LogP contribution in [0.3, 0.4) is 0 Å². The van der Waals surface area contributed by atoms with Gasteiger partial charge in [-0.3, -0.25) is 10.1 Å². The van der Waals surface area contributed by atoms with Gasteiger partial charge in [0, 0.05) is 17.6 Å². The molecule has 1 heterocycles. The first-order chi connectivity index (χ1) is 9.16. The summed E-state index contributed by atoms with van der Waals surface area (Å²) in [5.41, 5.74) is 0.574. The van der Waals surface area contributed by atoms with Gasteiger partial charge in [-0.15, -0.1) is 0 Å². The molecule has 1 aromatic carbocycles. The van der Waals surface area contributed by atoms with E-state index in [-0.39, 0.29) is 5.69 Å². The summed E-state index contributed by atoms with van der Waals surface area (Å²) in [5, 5.41) is 14.4. The molecule has 5 nitrogen and oxygen atoms in total. The minimum absolute atomic E-state index is 0.0358. The average molecular weight is 284 g/mol. The van der Waals surface area contributed by atoms with Gasteiger partial charge in [0.05, 0.1) is 4.92 Å². The van der Waals surface area contributed by atoms with Crippen molar-refractivity contribution in [1.29, 1.82) is 0 Å². The van der Waals surface area contributed by atoms with Crippen molar-refractivity contribution >= 4 is 23.0 Å². The largest absolute Gasteiger partial charge is 0.379 e. The quantitative estimate of drug-likeness (QED) is 0.495. The molecule has 0 aliphatic carbocycles. The zero-order valence-corrected chi connectivity index (χ0v) is 11.5. The second-order valence-corrected chi connectivity index (χ2v) is 5.18. The lowest BCUT2D eigenvalue weighted by molar-refractivity contribution is -0.383. The van der Waals surface area contributed by atoms with Crippen molar-refractivity contribution in [3.8, 4) is 0 Å². The van der Waals surface area contributed by atoms with Crippen LogP contribution in [0.1, 0.15) is 19.3 Å². The van der Waals surface area contributed by atoms with Gasteiger partial charge in [-0.25, -0.2) is 0 Å². The van der Waals surface area contributed by atoms with E-state index in [1.54, 1.807) is 12.1 Å². The topological polar surface area (TPSA) is 58.4 Å². The monoisotopic (exact) mass is 283 g/mol. The first-order valence-electron chi connectivity index (χ1n) is 6.57. The van der Waals surface area contributed by atoms with E-state index in [2.05, 4.69) is 10.2 Å². The summed E-state index contributed by atoms with van der Waals surface area (Å²) in [6.07, 6.45) is 3.56. The van der Waals surface area contributed by atoms with Crippen LogP contribution in [0.25, 0.3) is 0 Å². The summed E-state index contributed by atoms with van der Waals surface area (Å²) < 4.78 is 0. The number of nitrogens with zero attached hydrogens (tertiary/aromatic N) is 2. The highest BCUT2D eigenvalue weighted by Crippen LogP contribution is 2.27. The van der Waals surface area contributed by atoms with Gasteiger partial charge in [0.1, 0.15) is 5.69 Å². The van der Waals surface area contributed by atoms with Gasteiger partial charge >= 0.3 is 0 Å². The Morgan fingerprint density at radius 1 is 1.37 bits per heavy atom. The molecule has 0 bridgehead atoms. The van der Waals surface area contributed by atoms with Crippen molar-refractivity contribution in [1.82, 2.24) is 4.90 Å². The molecule has 1 N–H and O–H groups in total. The fourth-order valence-electron chi connectivity index (χ4n) is 2.34. The molecule has 0 amide bonds. The Labute approximate surface area is 117 Å². The summed E-state index contributed by atoms with van der Waals surface area (Å²) in [7, 11) is 0. The van der Waals surface area contributed by atoms with Crippen LogP contribution in [0.5, 0.6) is 0 Å². The summed E-state index contributed by atoms with van der Waals surface area (Å²) in [4.78, 5) is 12.9. The van der Waals surface area contributed by atoms with Crippen LogP contribution in [0.2, 0.25) is 5.02 Å². The third kappa shape index (κ3) is 4.08. The molecule has 1 aliphatic heterocycles. The Bertz CT molecular complexity index is 448. The van der Waals surface area contributed by atoms with Gasteiger partial charge in [-0.1, -0.05) is 11.6 Å². The van der Waals surface area contributed by atoms with E-state index < -0.39 is 4.92 Å². The predicted molar refractivity (Wildman–Crippen MR) is 76.9 cm³/mol. The van der Waals surface area contributed by atoms with Gasteiger partial charge < -0.3 is 10.2 Å². The fourth-order valence-corrected chi connectivity index (χ4v) is 2.50. The number of hydrogen-bond donors (Lipinski definition) is 1. The van der Waals surface area contributed by atoms with Crippen molar-refractivity contribution < 1.29 is 4.92 Å². The molecule has 1 aromatic rings. The summed E-state index contributed by atoms with van der Waals surface area (Å²) >= 11 is 5.77. The lowest BCUT2D eigenvalue weighted by Crippen LogP contribution is -2.22. The van der Waals surface area contributed by atoms with E-state index in [1.807, 2.05) is 0 Å². The molecule has 6 heteroatoms. The van der Waals surface area contributed by atoms with Gasteiger partial charge in [0.25, 0.3) is 5.69 Å². The van der Waals surface area contributed by atoms with Gasteiger partial charge in [0.2, 0.25) is 0 Å². The zero-order valence-electron chi connectivity index (χ0n) is 10.8. The minimum Gasteiger partial charge on any atom is -0.379 e. The van der Waals surface area contributed by atoms with Gasteiger partial charge in [0.15, 0.2) is 0 Å². The maximum atomic E-state index is 10.9. The molecular formula is C13H18ClN3O2. The van der Waals surface area contributed by atoms with E-state index in [1.165, 1.54) is 32.0 Å². The number of rotatable bonds is 6. The maximum Gasteiger partial charge on any atom is 0.293 e. The number of likely N-dealkylation sites (tertiary alicyclic amines) is 1. The number of anilines is 1. The highest BCUT2D eigenvalue weighted by Gasteiger charge is 2.14. The highest BCUT2D eigenvalue weighted by molar-refractivity contribution is 6.30. The second-order valence-electron chi connectivity index (χ2n) is 4.75. The Hall–Kier alpha value is -1.33. The molecule has 0 saturated carbocycles. The molecular weight excluding hydrogens is 266 g/mol. The maximum absolute atomic E-state index is 10.9. The first kappa shape index (κ1) is 14.1. The van der Waals surface area contributed by atoms with Crippen LogP contribution in [-0.4, -0.2) is 36.0 Å². The molecule has 0 radical (unpaired) electrons. The van der Waals surface area contributed by atoms with E-state index >= 15 is 0 Å². The number of nitro benzene ring substituents is 1. The zero-order chi connectivity index (χ0) is 13.7. The van der Waals surface area contributed by atoms with Crippen molar-refractivity contribution in [3.05, 3.63) is 33.3 Å². The van der Waals surface area contributed by atoms with Crippen molar-refractivity contribution in [2.24, 2.45) is 0 Å². The van der Waals surface area contributed by atoms with Crippen LogP contribution < -0.4 is 5.32 Å². The van der Waals surface area contributed by atoms with E-state index in [0.29, 0.717) is 10.7 Å². The van der Waals surface area contributed by atoms with Gasteiger partial charge in [-0.2, -0.15) is 0 Å². The normalized spacial score (nSPS) is 15.6. The number of halogens is 1. The minimum atomic E-state index is -0.408. The van der Waals surface area contributed by atoms with Crippen LogP contribution in [-0.2, 0) is 0 Å². The molecule has 1 aliphatic rings. The van der Waals surface area contributed by atoms with E-state index in [4.69, 9.17) is 11.6 Å². The number of nitro groups is 1. The first-order valence-corrected chi connectivity index (χ1v) is 6.95. The Balaban J connectivity index is 1.83. The van der Waals surface area contributed by atoms with Crippen molar-refractivity contribution in [3.63, 3.8) is 0 Å². The molecule has 1 fully saturated rings. The lowest BCUT2D eigenvalue weighted by atomic mass is 10.2. The third-order valence-electron chi connectivity index (χ3n) is 3.32. The smallest absolute Gasteiger partial charge is 0.293 e. The molecule has 0 aromatic heterocycles. The Morgan fingerprint density at radius 3 is 2.79 bits per heavy atom. The molecule has 19 heavy (non-hydrogen) atoms. The molecule has 1 saturated heterocycles. The Morgan fingerprint density at radius 2 is 2.11 bits per heavy atom. The lowest BCUT2D eigenvalue weighted by Gasteiger charge is -2.14. The SMILES string of the molecule is O=[N+]([O-])c1cc(Cl)ccc1NCCCN1CCCC1. The summed E-state index contributed by atoms with van der Waals surface area (Å²) in [6, 6.07) is 4.71. The standard InChI is InChI=1S/C13H18ClN3O2/c14-11-4-5-12(13(10-11)17(18)19)15-6-3-9-16-7-1-2-8-16/h4-5,10,15H,1-3,6-9H2. The van der Waals surface area contributed by atoms with Crippen molar-refractivity contribution in [2.75, 3.05) is 31.5 Å². The van der Waals surface area contributed by atoms with Crippen LogP contribution >= 0.6 is 11.6 Å². The summed E-state index contributed by atoms with van der Waals surface area (Å²) in [6.45, 7) is 4.15. The molecule has 2 rings (SSSR count). The Kier molecular flexibility index (Phi) is 4.99.